The van der Waals surface area contributed by atoms with Crippen molar-refractivity contribution in [1.82, 2.24) is 19.6 Å². The highest BCUT2D eigenvalue weighted by atomic mass is 32.1. The minimum Gasteiger partial charge on any atom is -0.395 e. The summed E-state index contributed by atoms with van der Waals surface area (Å²) >= 11 is 1.80. The van der Waals surface area contributed by atoms with Crippen LogP contribution in [0.15, 0.2) is 6.33 Å². The van der Waals surface area contributed by atoms with Gasteiger partial charge in [-0.15, -0.1) is 11.3 Å². The molecular formula is C15H19N5OS. The molecule has 6 nitrogen and oxygen atoms in total. The second-order valence-electron chi connectivity index (χ2n) is 5.60. The van der Waals surface area contributed by atoms with Crippen LogP contribution in [0.25, 0.3) is 15.9 Å². The van der Waals surface area contributed by atoms with E-state index in [0.717, 1.165) is 35.8 Å². The van der Waals surface area contributed by atoms with Crippen LogP contribution in [0.1, 0.15) is 30.2 Å². The highest BCUT2D eigenvalue weighted by molar-refractivity contribution is 7.19. The Labute approximate surface area is 132 Å². The molecular weight excluding hydrogens is 298 g/mol. The molecule has 0 fully saturated rings. The lowest BCUT2D eigenvalue weighted by atomic mass is 9.97. The molecule has 0 radical (unpaired) electrons. The summed E-state index contributed by atoms with van der Waals surface area (Å²) in [5.74, 6) is 0.773. The number of aliphatic hydroxyl groups is 1. The lowest BCUT2D eigenvalue weighted by molar-refractivity contribution is 0.301. The lowest BCUT2D eigenvalue weighted by Crippen LogP contribution is -2.29. The van der Waals surface area contributed by atoms with Gasteiger partial charge in [-0.1, -0.05) is 0 Å². The molecule has 4 rings (SSSR count). The van der Waals surface area contributed by atoms with Crippen LogP contribution in [0.2, 0.25) is 0 Å². The molecule has 1 N–H and O–H groups in total. The lowest BCUT2D eigenvalue weighted by Gasteiger charge is -2.21. The van der Waals surface area contributed by atoms with Crippen molar-refractivity contribution in [1.29, 1.82) is 0 Å². The molecule has 0 saturated heterocycles. The average molecular weight is 317 g/mol. The van der Waals surface area contributed by atoms with Crippen molar-refractivity contribution in [3.8, 4) is 0 Å². The van der Waals surface area contributed by atoms with Gasteiger partial charge in [0.05, 0.1) is 12.0 Å². The van der Waals surface area contributed by atoms with Crippen LogP contribution in [-0.2, 0) is 12.8 Å². The van der Waals surface area contributed by atoms with Crippen molar-refractivity contribution in [2.24, 2.45) is 0 Å². The van der Waals surface area contributed by atoms with Crippen molar-refractivity contribution in [2.75, 3.05) is 24.6 Å². The summed E-state index contributed by atoms with van der Waals surface area (Å²) in [5, 5.41) is 14.8. The Morgan fingerprint density at radius 1 is 1.36 bits per heavy atom. The Morgan fingerprint density at radius 3 is 3.05 bits per heavy atom. The Bertz CT molecular complexity index is 824. The third kappa shape index (κ3) is 1.99. The smallest absolute Gasteiger partial charge is 0.230 e. The molecule has 0 aromatic carbocycles. The molecule has 116 valence electrons. The van der Waals surface area contributed by atoms with Crippen molar-refractivity contribution in [3.63, 3.8) is 0 Å². The molecule has 0 spiro atoms. The van der Waals surface area contributed by atoms with Crippen LogP contribution in [0.4, 0.5) is 5.95 Å². The molecule has 7 heteroatoms. The van der Waals surface area contributed by atoms with Gasteiger partial charge in [0.1, 0.15) is 11.2 Å². The van der Waals surface area contributed by atoms with E-state index in [0.29, 0.717) is 6.54 Å². The fourth-order valence-corrected chi connectivity index (χ4v) is 4.53. The molecule has 0 saturated carbocycles. The fourth-order valence-electron chi connectivity index (χ4n) is 3.28. The molecule has 0 unspecified atom stereocenters. The van der Waals surface area contributed by atoms with Crippen LogP contribution in [0.3, 0.4) is 0 Å². The van der Waals surface area contributed by atoms with Crippen LogP contribution < -0.4 is 4.90 Å². The zero-order valence-electron chi connectivity index (χ0n) is 12.6. The SMILES string of the molecule is CCN(CCO)c1nc2sc3c(c2c2ncnn12)CCCC3. The molecule has 1 aliphatic rings. The molecule has 22 heavy (non-hydrogen) atoms. The number of fused-ring (bicyclic) bond motifs is 5. The monoisotopic (exact) mass is 317 g/mol. The van der Waals surface area contributed by atoms with Crippen molar-refractivity contribution in [3.05, 3.63) is 16.8 Å². The number of anilines is 1. The molecule has 0 atom stereocenters. The summed E-state index contributed by atoms with van der Waals surface area (Å²) in [6, 6.07) is 0. The zero-order valence-corrected chi connectivity index (χ0v) is 13.4. The van der Waals surface area contributed by atoms with E-state index in [4.69, 9.17) is 4.98 Å². The molecule has 3 aromatic heterocycles. The molecule has 3 heterocycles. The maximum absolute atomic E-state index is 9.29. The minimum absolute atomic E-state index is 0.102. The van der Waals surface area contributed by atoms with Gasteiger partial charge in [0.25, 0.3) is 0 Å². The second kappa shape index (κ2) is 5.48. The summed E-state index contributed by atoms with van der Waals surface area (Å²) in [5.41, 5.74) is 2.32. The first-order chi connectivity index (χ1) is 10.8. The topological polar surface area (TPSA) is 66.5 Å². The quantitative estimate of drug-likeness (QED) is 0.797. The first kappa shape index (κ1) is 13.9. The molecule has 0 amide bonds. The normalized spacial score (nSPS) is 14.6. The number of thiophene rings is 1. The van der Waals surface area contributed by atoms with Gasteiger partial charge < -0.3 is 10.0 Å². The van der Waals surface area contributed by atoms with Crippen LogP contribution in [0, 0.1) is 0 Å². The van der Waals surface area contributed by atoms with Crippen molar-refractivity contribution in [2.45, 2.75) is 32.6 Å². The van der Waals surface area contributed by atoms with Crippen molar-refractivity contribution >= 4 is 33.1 Å². The standard InChI is InChI=1S/C15H19N5OS/c1-2-19(7-8-21)15-18-14-12(13-16-9-17-20(13)15)10-5-3-4-6-11(10)22-14/h9,21H,2-8H2,1H3. The third-order valence-corrected chi connectivity index (χ3v) is 5.54. The average Bonchev–Trinajstić information content (AvgIpc) is 3.15. The van der Waals surface area contributed by atoms with Crippen LogP contribution in [-0.4, -0.2) is 44.4 Å². The first-order valence-electron chi connectivity index (χ1n) is 7.83. The van der Waals surface area contributed by atoms with Gasteiger partial charge in [0.15, 0.2) is 5.65 Å². The molecule has 0 bridgehead atoms. The summed E-state index contributed by atoms with van der Waals surface area (Å²) in [6.45, 7) is 3.49. The van der Waals surface area contributed by atoms with Gasteiger partial charge in [-0.2, -0.15) is 9.61 Å². The summed E-state index contributed by atoms with van der Waals surface area (Å²) in [4.78, 5) is 13.9. The minimum atomic E-state index is 0.102. The highest BCUT2D eigenvalue weighted by Crippen LogP contribution is 2.38. The Kier molecular flexibility index (Phi) is 3.46. The van der Waals surface area contributed by atoms with Crippen LogP contribution in [0.5, 0.6) is 0 Å². The van der Waals surface area contributed by atoms with Crippen molar-refractivity contribution < 1.29 is 5.11 Å². The summed E-state index contributed by atoms with van der Waals surface area (Å²) in [7, 11) is 0. The maximum atomic E-state index is 9.29. The Hall–Kier alpha value is -1.73. The fraction of sp³-hybridized carbons (Fsp3) is 0.533. The van der Waals surface area contributed by atoms with E-state index in [-0.39, 0.29) is 6.61 Å². The van der Waals surface area contributed by atoms with E-state index in [2.05, 4.69) is 17.0 Å². The number of aliphatic hydroxyl groups excluding tert-OH is 1. The number of aryl methyl sites for hydroxylation is 2. The van der Waals surface area contributed by atoms with E-state index >= 15 is 0 Å². The van der Waals surface area contributed by atoms with Gasteiger partial charge in [0, 0.05) is 18.0 Å². The number of hydrogen-bond donors (Lipinski definition) is 1. The van der Waals surface area contributed by atoms with Gasteiger partial charge >= 0.3 is 0 Å². The molecule has 3 aromatic rings. The number of aromatic nitrogens is 4. The van der Waals surface area contributed by atoms with Gasteiger partial charge in [-0.3, -0.25) is 0 Å². The highest BCUT2D eigenvalue weighted by Gasteiger charge is 2.23. The zero-order chi connectivity index (χ0) is 15.1. The maximum Gasteiger partial charge on any atom is 0.230 e. The molecule has 1 aliphatic carbocycles. The van der Waals surface area contributed by atoms with E-state index in [9.17, 15) is 5.11 Å². The predicted molar refractivity (Wildman–Crippen MR) is 87.8 cm³/mol. The number of hydrogen-bond acceptors (Lipinski definition) is 6. The van der Waals surface area contributed by atoms with E-state index in [1.54, 1.807) is 17.7 Å². The van der Waals surface area contributed by atoms with Gasteiger partial charge in [0.2, 0.25) is 5.95 Å². The number of nitrogens with zero attached hydrogens (tertiary/aromatic N) is 5. The third-order valence-electron chi connectivity index (χ3n) is 4.35. The summed E-state index contributed by atoms with van der Waals surface area (Å²) in [6.07, 6.45) is 6.38. The Morgan fingerprint density at radius 2 is 2.23 bits per heavy atom. The first-order valence-corrected chi connectivity index (χ1v) is 8.65. The van der Waals surface area contributed by atoms with E-state index in [1.165, 1.54) is 28.7 Å². The Balaban J connectivity index is 2.00. The summed E-state index contributed by atoms with van der Waals surface area (Å²) < 4.78 is 1.82. The number of rotatable bonds is 4. The largest absolute Gasteiger partial charge is 0.395 e. The van der Waals surface area contributed by atoms with E-state index < -0.39 is 0 Å². The predicted octanol–water partition coefficient (Wildman–Crippen LogP) is 2.04. The van der Waals surface area contributed by atoms with E-state index in [1.807, 2.05) is 9.42 Å². The van der Waals surface area contributed by atoms with Crippen LogP contribution >= 0.6 is 11.3 Å². The number of likely N-dealkylation sites (N-methyl/N-ethyl adjacent to an activating group) is 1. The van der Waals surface area contributed by atoms with Gasteiger partial charge in [-0.05, 0) is 38.2 Å². The second-order valence-corrected chi connectivity index (χ2v) is 6.69. The van der Waals surface area contributed by atoms with Gasteiger partial charge in [-0.25, -0.2) is 9.97 Å². The molecule has 0 aliphatic heterocycles.